The van der Waals surface area contributed by atoms with E-state index in [0.717, 1.165) is 20.1 Å². The molecule has 0 fully saturated rings. The van der Waals surface area contributed by atoms with Crippen molar-refractivity contribution in [3.8, 4) is 0 Å². The molecule has 0 aliphatic heterocycles. The molecule has 4 rings (SSSR count). The molecule has 2 aromatic carbocycles. The molecule has 0 unspecified atom stereocenters. The second-order valence-electron chi connectivity index (χ2n) is 6.52. The smallest absolute Gasteiger partial charge is 0.282 e. The number of rotatable bonds is 4. The molecule has 146 valence electrons. The Bertz CT molecular complexity index is 1280. The third-order valence-corrected chi connectivity index (χ3v) is 7.68. The van der Waals surface area contributed by atoms with Gasteiger partial charge in [0.1, 0.15) is 0 Å². The Morgan fingerprint density at radius 3 is 2.45 bits per heavy atom. The topological polar surface area (TPSA) is 76.5 Å². The molecule has 1 aliphatic carbocycles. The maximum absolute atomic E-state index is 12.6. The van der Waals surface area contributed by atoms with Gasteiger partial charge in [-0.25, -0.2) is 4.98 Å². The van der Waals surface area contributed by atoms with Crippen molar-refractivity contribution in [2.45, 2.75) is 23.1 Å². The Kier molecular flexibility index (Phi) is 5.24. The number of thioether (sulfide) groups is 1. The van der Waals surface area contributed by atoms with Crippen LogP contribution in [0, 0.1) is 6.92 Å². The summed E-state index contributed by atoms with van der Waals surface area (Å²) in [5.74, 6) is -0.152. The van der Waals surface area contributed by atoms with E-state index in [1.165, 1.54) is 47.4 Å². The summed E-state index contributed by atoms with van der Waals surface area (Å²) in [5.41, 5.74) is 2.50. The lowest BCUT2D eigenvalue weighted by Crippen LogP contribution is -2.12. The van der Waals surface area contributed by atoms with Crippen LogP contribution in [0.15, 0.2) is 84.8 Å². The summed E-state index contributed by atoms with van der Waals surface area (Å²) in [5, 5.41) is 0. The first-order valence-electron chi connectivity index (χ1n) is 8.71. The van der Waals surface area contributed by atoms with Gasteiger partial charge in [0.2, 0.25) is 0 Å². The molecule has 3 aromatic rings. The van der Waals surface area contributed by atoms with Gasteiger partial charge < -0.3 is 0 Å². The van der Waals surface area contributed by atoms with E-state index in [2.05, 4.69) is 9.38 Å². The standard InChI is InChI=1S/C21H16N2O3S3/c1-13-7-9-16(10-8-13)29(25,26)23-15-11-14(2)20(24)19(12-15)28-21-22-17-5-3-4-6-18(17)27-21/h3-12H,1-2H3. The number of fused-ring (bicyclic) bond motifs is 1. The number of benzene rings is 2. The third-order valence-electron chi connectivity index (χ3n) is 4.24. The van der Waals surface area contributed by atoms with Gasteiger partial charge in [-0.05, 0) is 55.8 Å². The number of aromatic nitrogens is 1. The van der Waals surface area contributed by atoms with Crippen molar-refractivity contribution in [2.75, 3.05) is 0 Å². The zero-order chi connectivity index (χ0) is 20.6. The number of carbonyl (C=O) groups is 1. The second kappa shape index (κ2) is 7.70. The molecule has 0 N–H and O–H groups in total. The fourth-order valence-electron chi connectivity index (χ4n) is 2.74. The minimum absolute atomic E-state index is 0.118. The van der Waals surface area contributed by atoms with Crippen molar-refractivity contribution < 1.29 is 13.2 Å². The molecule has 5 nitrogen and oxygen atoms in total. The minimum Gasteiger partial charge on any atom is -0.288 e. The molecule has 0 saturated carbocycles. The highest BCUT2D eigenvalue weighted by Crippen LogP contribution is 2.36. The lowest BCUT2D eigenvalue weighted by molar-refractivity contribution is -0.111. The van der Waals surface area contributed by atoms with Gasteiger partial charge in [0.05, 0.1) is 25.7 Å². The number of hydrogen-bond donors (Lipinski definition) is 0. The highest BCUT2D eigenvalue weighted by atomic mass is 32.2. The molecule has 29 heavy (non-hydrogen) atoms. The van der Waals surface area contributed by atoms with Crippen molar-refractivity contribution in [2.24, 2.45) is 4.40 Å². The van der Waals surface area contributed by atoms with Crippen molar-refractivity contribution in [3.05, 3.63) is 76.7 Å². The van der Waals surface area contributed by atoms with E-state index in [-0.39, 0.29) is 16.4 Å². The first-order chi connectivity index (χ1) is 13.8. The summed E-state index contributed by atoms with van der Waals surface area (Å²) in [4.78, 5) is 17.6. The SMILES string of the molecule is CC1=CC(=NS(=O)(=O)c2ccc(C)cc2)C=C(Sc2nc3ccccc3s2)C1=O. The summed E-state index contributed by atoms with van der Waals surface area (Å²) < 4.78 is 31.0. The number of sulfonamides is 1. The highest BCUT2D eigenvalue weighted by molar-refractivity contribution is 8.05. The third kappa shape index (κ3) is 4.24. The molecule has 1 heterocycles. The number of Topliss-reactive ketones (excluding diaryl/α,β-unsaturated/α-hetero) is 1. The van der Waals surface area contributed by atoms with Crippen LogP contribution >= 0.6 is 23.1 Å². The van der Waals surface area contributed by atoms with Crippen molar-refractivity contribution in [1.29, 1.82) is 0 Å². The Morgan fingerprint density at radius 2 is 1.72 bits per heavy atom. The number of carbonyl (C=O) groups excluding carboxylic acids is 1. The van der Waals surface area contributed by atoms with Gasteiger partial charge in [0.25, 0.3) is 10.0 Å². The van der Waals surface area contributed by atoms with Gasteiger partial charge >= 0.3 is 0 Å². The predicted molar refractivity (Wildman–Crippen MR) is 118 cm³/mol. The fraction of sp³-hybridized carbons (Fsp3) is 0.0952. The predicted octanol–water partition coefficient (Wildman–Crippen LogP) is 4.94. The van der Waals surface area contributed by atoms with Crippen LogP contribution in [-0.4, -0.2) is 24.9 Å². The van der Waals surface area contributed by atoms with Crippen molar-refractivity contribution in [1.82, 2.24) is 4.98 Å². The van der Waals surface area contributed by atoms with E-state index in [4.69, 9.17) is 0 Å². The van der Waals surface area contributed by atoms with Crippen molar-refractivity contribution in [3.63, 3.8) is 0 Å². The molecule has 0 radical (unpaired) electrons. The van der Waals surface area contributed by atoms with Crippen LogP contribution in [-0.2, 0) is 14.8 Å². The number of ketones is 1. The fourth-order valence-corrected chi connectivity index (χ4v) is 5.88. The van der Waals surface area contributed by atoms with E-state index in [1.807, 2.05) is 31.2 Å². The van der Waals surface area contributed by atoms with E-state index in [0.29, 0.717) is 10.5 Å². The molecular formula is C21H16N2O3S3. The Morgan fingerprint density at radius 1 is 1.00 bits per heavy atom. The summed E-state index contributed by atoms with van der Waals surface area (Å²) in [7, 11) is -3.87. The molecule has 1 aliphatic rings. The second-order valence-corrected chi connectivity index (χ2v) is 10.4. The van der Waals surface area contributed by atoms with Crippen LogP contribution in [0.25, 0.3) is 10.2 Å². The molecule has 0 bridgehead atoms. The molecular weight excluding hydrogens is 424 g/mol. The van der Waals surface area contributed by atoms with E-state index < -0.39 is 10.0 Å². The van der Waals surface area contributed by atoms with Gasteiger partial charge in [-0.2, -0.15) is 12.8 Å². The van der Waals surface area contributed by atoms with Crippen LogP contribution in [0.2, 0.25) is 0 Å². The molecule has 0 spiro atoms. The average Bonchev–Trinajstić information content (AvgIpc) is 3.08. The largest absolute Gasteiger partial charge is 0.288 e. The summed E-state index contributed by atoms with van der Waals surface area (Å²) in [6.45, 7) is 3.54. The molecule has 8 heteroatoms. The maximum atomic E-state index is 12.6. The lowest BCUT2D eigenvalue weighted by atomic mass is 10.1. The van der Waals surface area contributed by atoms with E-state index in [9.17, 15) is 13.2 Å². The molecule has 1 aromatic heterocycles. The van der Waals surface area contributed by atoms with Gasteiger partial charge in [-0.15, -0.1) is 11.3 Å². The molecule has 0 saturated heterocycles. The number of allylic oxidation sites excluding steroid dienone is 4. The van der Waals surface area contributed by atoms with Crippen LogP contribution < -0.4 is 0 Å². The van der Waals surface area contributed by atoms with Gasteiger partial charge in [-0.3, -0.25) is 4.79 Å². The highest BCUT2D eigenvalue weighted by Gasteiger charge is 2.22. The number of hydrogen-bond acceptors (Lipinski definition) is 6. The Balaban J connectivity index is 1.68. The van der Waals surface area contributed by atoms with Gasteiger partial charge in [-0.1, -0.05) is 41.6 Å². The number of aryl methyl sites for hydroxylation is 1. The normalized spacial score (nSPS) is 16.2. The zero-order valence-corrected chi connectivity index (χ0v) is 18.1. The van der Waals surface area contributed by atoms with Crippen LogP contribution in [0.1, 0.15) is 12.5 Å². The zero-order valence-electron chi connectivity index (χ0n) is 15.6. The summed E-state index contributed by atoms with van der Waals surface area (Å²) in [6, 6.07) is 14.2. The number of thiazole rings is 1. The number of para-hydroxylation sites is 1. The van der Waals surface area contributed by atoms with Gasteiger partial charge in [0, 0.05) is 0 Å². The van der Waals surface area contributed by atoms with E-state index >= 15 is 0 Å². The lowest BCUT2D eigenvalue weighted by Gasteiger charge is -2.11. The summed E-state index contributed by atoms with van der Waals surface area (Å²) >= 11 is 2.72. The van der Waals surface area contributed by atoms with Crippen LogP contribution in [0.4, 0.5) is 0 Å². The van der Waals surface area contributed by atoms with Gasteiger partial charge in [0.15, 0.2) is 10.1 Å². The summed E-state index contributed by atoms with van der Waals surface area (Å²) in [6.07, 6.45) is 3.01. The van der Waals surface area contributed by atoms with Crippen molar-refractivity contribution >= 4 is 54.8 Å². The molecule has 0 atom stereocenters. The Hall–Kier alpha value is -2.55. The van der Waals surface area contributed by atoms with Crippen LogP contribution in [0.5, 0.6) is 0 Å². The van der Waals surface area contributed by atoms with Crippen LogP contribution in [0.3, 0.4) is 0 Å². The first-order valence-corrected chi connectivity index (χ1v) is 11.8. The number of nitrogens with zero attached hydrogens (tertiary/aromatic N) is 2. The quantitative estimate of drug-likeness (QED) is 0.537. The van der Waals surface area contributed by atoms with E-state index in [1.54, 1.807) is 19.1 Å². The maximum Gasteiger partial charge on any atom is 0.282 e. The minimum atomic E-state index is -3.87. The Labute approximate surface area is 177 Å². The average molecular weight is 441 g/mol. The monoisotopic (exact) mass is 440 g/mol. The first kappa shape index (κ1) is 19.8. The molecule has 0 amide bonds.